The summed E-state index contributed by atoms with van der Waals surface area (Å²) in [5.74, 6) is 0.960. The SMILES string of the molecule is CCCCN(C)c1ncc(C(=O)Nc2ccccc2OC)cn1. The van der Waals surface area contributed by atoms with Gasteiger partial charge in [0.05, 0.1) is 18.4 Å². The molecule has 6 nitrogen and oxygen atoms in total. The molecule has 2 rings (SSSR count). The molecule has 0 aliphatic heterocycles. The molecule has 0 atom stereocenters. The number of para-hydroxylation sites is 2. The van der Waals surface area contributed by atoms with Gasteiger partial charge in [0.2, 0.25) is 5.95 Å². The lowest BCUT2D eigenvalue weighted by Crippen LogP contribution is -2.21. The fourth-order valence-corrected chi connectivity index (χ4v) is 2.07. The number of carbonyl (C=O) groups excluding carboxylic acids is 1. The Labute approximate surface area is 136 Å². The van der Waals surface area contributed by atoms with Gasteiger partial charge in [0, 0.05) is 26.0 Å². The van der Waals surface area contributed by atoms with Gasteiger partial charge in [0.1, 0.15) is 5.75 Å². The Kier molecular flexibility index (Phi) is 5.91. The van der Waals surface area contributed by atoms with Gasteiger partial charge in [0.25, 0.3) is 5.91 Å². The standard InChI is InChI=1S/C17H22N4O2/c1-4-5-10-21(2)17-18-11-13(12-19-17)16(22)20-14-8-6-7-9-15(14)23-3/h6-9,11-12H,4-5,10H2,1-3H3,(H,20,22). The smallest absolute Gasteiger partial charge is 0.258 e. The average molecular weight is 314 g/mol. The number of unbranched alkanes of at least 4 members (excludes halogenated alkanes) is 1. The van der Waals surface area contributed by atoms with E-state index < -0.39 is 0 Å². The maximum atomic E-state index is 12.3. The predicted octanol–water partition coefficient (Wildman–Crippen LogP) is 2.97. The van der Waals surface area contributed by atoms with Crippen LogP contribution in [0.1, 0.15) is 30.1 Å². The van der Waals surface area contributed by atoms with Crippen molar-refractivity contribution in [3.05, 3.63) is 42.2 Å². The van der Waals surface area contributed by atoms with Gasteiger partial charge in [0.15, 0.2) is 0 Å². The molecule has 0 saturated carbocycles. The molecule has 0 fully saturated rings. The van der Waals surface area contributed by atoms with E-state index in [1.54, 1.807) is 19.2 Å². The van der Waals surface area contributed by atoms with Crippen molar-refractivity contribution in [3.63, 3.8) is 0 Å². The minimum atomic E-state index is -0.266. The lowest BCUT2D eigenvalue weighted by atomic mass is 10.2. The van der Waals surface area contributed by atoms with Gasteiger partial charge in [-0.15, -0.1) is 0 Å². The third kappa shape index (κ3) is 4.42. The Bertz CT molecular complexity index is 643. The van der Waals surface area contributed by atoms with Crippen LogP contribution in [-0.4, -0.2) is 36.6 Å². The second-order valence-corrected chi connectivity index (χ2v) is 5.20. The number of nitrogens with zero attached hydrogens (tertiary/aromatic N) is 3. The fourth-order valence-electron chi connectivity index (χ4n) is 2.07. The summed E-state index contributed by atoms with van der Waals surface area (Å²) in [4.78, 5) is 22.8. The van der Waals surface area contributed by atoms with Crippen LogP contribution in [0, 0.1) is 0 Å². The zero-order chi connectivity index (χ0) is 16.7. The largest absolute Gasteiger partial charge is 0.495 e. The number of anilines is 2. The molecular weight excluding hydrogens is 292 g/mol. The molecule has 0 saturated heterocycles. The van der Waals surface area contributed by atoms with Crippen molar-refractivity contribution < 1.29 is 9.53 Å². The molecule has 1 N–H and O–H groups in total. The van der Waals surface area contributed by atoms with E-state index in [-0.39, 0.29) is 5.91 Å². The first kappa shape index (κ1) is 16.7. The van der Waals surface area contributed by atoms with Crippen LogP contribution >= 0.6 is 0 Å². The highest BCUT2D eigenvalue weighted by molar-refractivity contribution is 6.04. The van der Waals surface area contributed by atoms with Crippen molar-refractivity contribution in [2.75, 3.05) is 30.9 Å². The summed E-state index contributed by atoms with van der Waals surface area (Å²) >= 11 is 0. The van der Waals surface area contributed by atoms with E-state index in [1.165, 1.54) is 12.4 Å². The summed E-state index contributed by atoms with van der Waals surface area (Å²) in [5, 5.41) is 2.80. The quantitative estimate of drug-likeness (QED) is 0.851. The molecule has 2 aromatic rings. The number of hydrogen-bond donors (Lipinski definition) is 1. The number of aromatic nitrogens is 2. The highest BCUT2D eigenvalue weighted by atomic mass is 16.5. The highest BCUT2D eigenvalue weighted by Crippen LogP contribution is 2.23. The van der Waals surface area contributed by atoms with Crippen LogP contribution in [0.15, 0.2) is 36.7 Å². The molecule has 0 unspecified atom stereocenters. The average Bonchev–Trinajstić information content (AvgIpc) is 2.60. The first-order chi connectivity index (χ1) is 11.2. The predicted molar refractivity (Wildman–Crippen MR) is 91.2 cm³/mol. The van der Waals surface area contributed by atoms with Crippen LogP contribution in [0.3, 0.4) is 0 Å². The molecule has 6 heteroatoms. The van der Waals surface area contributed by atoms with E-state index in [2.05, 4.69) is 22.2 Å². The fraction of sp³-hybridized carbons (Fsp3) is 0.353. The summed E-state index contributed by atoms with van der Waals surface area (Å²) in [6, 6.07) is 7.25. The summed E-state index contributed by atoms with van der Waals surface area (Å²) in [7, 11) is 3.51. The molecule has 1 amide bonds. The number of hydrogen-bond acceptors (Lipinski definition) is 5. The first-order valence-electron chi connectivity index (χ1n) is 7.63. The first-order valence-corrected chi connectivity index (χ1v) is 7.63. The van der Waals surface area contributed by atoms with Gasteiger partial charge >= 0.3 is 0 Å². The molecule has 23 heavy (non-hydrogen) atoms. The highest BCUT2D eigenvalue weighted by Gasteiger charge is 2.11. The van der Waals surface area contributed by atoms with Gasteiger partial charge in [-0.3, -0.25) is 4.79 Å². The van der Waals surface area contributed by atoms with E-state index in [1.807, 2.05) is 24.1 Å². The van der Waals surface area contributed by atoms with E-state index >= 15 is 0 Å². The van der Waals surface area contributed by atoms with Crippen LogP contribution in [-0.2, 0) is 0 Å². The summed E-state index contributed by atoms with van der Waals surface area (Å²) < 4.78 is 5.22. The van der Waals surface area contributed by atoms with Crippen LogP contribution in [0.2, 0.25) is 0 Å². The van der Waals surface area contributed by atoms with E-state index in [4.69, 9.17) is 4.74 Å². The topological polar surface area (TPSA) is 67.4 Å². The number of benzene rings is 1. The number of rotatable bonds is 7. The Hall–Kier alpha value is -2.63. The summed E-state index contributed by atoms with van der Waals surface area (Å²) in [6.45, 7) is 3.03. The Morgan fingerprint density at radius 2 is 1.96 bits per heavy atom. The van der Waals surface area contributed by atoms with Gasteiger partial charge < -0.3 is 15.0 Å². The number of nitrogens with one attached hydrogen (secondary N) is 1. The monoisotopic (exact) mass is 314 g/mol. The van der Waals surface area contributed by atoms with Crippen LogP contribution < -0.4 is 15.0 Å². The zero-order valence-electron chi connectivity index (χ0n) is 13.7. The summed E-state index contributed by atoms with van der Waals surface area (Å²) in [5.41, 5.74) is 1.02. The minimum Gasteiger partial charge on any atom is -0.495 e. The van der Waals surface area contributed by atoms with Crippen LogP contribution in [0.5, 0.6) is 5.75 Å². The molecule has 1 heterocycles. The van der Waals surface area contributed by atoms with Crippen molar-refractivity contribution >= 4 is 17.5 Å². The number of ether oxygens (including phenoxy) is 1. The third-order valence-electron chi connectivity index (χ3n) is 3.44. The van der Waals surface area contributed by atoms with Gasteiger partial charge in [-0.1, -0.05) is 25.5 Å². The molecule has 122 valence electrons. The maximum Gasteiger partial charge on any atom is 0.258 e. The van der Waals surface area contributed by atoms with Gasteiger partial charge in [-0.05, 0) is 18.6 Å². The lowest BCUT2D eigenvalue weighted by molar-refractivity contribution is 0.102. The van der Waals surface area contributed by atoms with Crippen molar-refractivity contribution in [1.82, 2.24) is 9.97 Å². The maximum absolute atomic E-state index is 12.3. The summed E-state index contributed by atoms with van der Waals surface area (Å²) in [6.07, 6.45) is 5.27. The van der Waals surface area contributed by atoms with E-state index in [0.717, 1.165) is 19.4 Å². The molecular formula is C17H22N4O2. The van der Waals surface area contributed by atoms with Crippen molar-refractivity contribution in [2.45, 2.75) is 19.8 Å². The van der Waals surface area contributed by atoms with E-state index in [9.17, 15) is 4.79 Å². The van der Waals surface area contributed by atoms with E-state index in [0.29, 0.717) is 22.9 Å². The Balaban J connectivity index is 2.05. The van der Waals surface area contributed by atoms with Crippen molar-refractivity contribution in [1.29, 1.82) is 0 Å². The number of methoxy groups -OCH3 is 1. The zero-order valence-corrected chi connectivity index (χ0v) is 13.7. The second-order valence-electron chi connectivity index (χ2n) is 5.20. The second kappa shape index (κ2) is 8.12. The van der Waals surface area contributed by atoms with Gasteiger partial charge in [-0.2, -0.15) is 0 Å². The van der Waals surface area contributed by atoms with Crippen LogP contribution in [0.25, 0.3) is 0 Å². The molecule has 0 spiro atoms. The number of amides is 1. The molecule has 0 aliphatic rings. The molecule has 0 bridgehead atoms. The van der Waals surface area contributed by atoms with Crippen LogP contribution in [0.4, 0.5) is 11.6 Å². The third-order valence-corrected chi connectivity index (χ3v) is 3.44. The van der Waals surface area contributed by atoms with Gasteiger partial charge in [-0.25, -0.2) is 9.97 Å². The molecule has 1 aromatic heterocycles. The molecule has 1 aromatic carbocycles. The van der Waals surface area contributed by atoms with Crippen molar-refractivity contribution in [3.8, 4) is 5.75 Å². The molecule has 0 aliphatic carbocycles. The number of carbonyl (C=O) groups is 1. The minimum absolute atomic E-state index is 0.266. The molecule has 0 radical (unpaired) electrons. The lowest BCUT2D eigenvalue weighted by Gasteiger charge is -2.16. The van der Waals surface area contributed by atoms with Crippen molar-refractivity contribution in [2.24, 2.45) is 0 Å². The Morgan fingerprint density at radius 1 is 1.26 bits per heavy atom. The Morgan fingerprint density at radius 3 is 2.61 bits per heavy atom. The normalized spacial score (nSPS) is 10.2.